The number of ketones is 1. The monoisotopic (exact) mass is 354 g/mol. The van der Waals surface area contributed by atoms with Gasteiger partial charge in [-0.15, -0.1) is 0 Å². The van der Waals surface area contributed by atoms with Gasteiger partial charge in [-0.25, -0.2) is 0 Å². The Morgan fingerprint density at radius 1 is 1.48 bits per heavy atom. The third-order valence-electron chi connectivity index (χ3n) is 2.56. The molecule has 1 aromatic carbocycles. The molecule has 0 aliphatic heterocycles. The van der Waals surface area contributed by atoms with Gasteiger partial charge in [0.25, 0.3) is 4.73 Å². The molecule has 1 aromatic heterocycles. The zero-order chi connectivity index (χ0) is 15.4. The molecule has 0 aliphatic carbocycles. The van der Waals surface area contributed by atoms with Gasteiger partial charge in [0.2, 0.25) is 0 Å². The van der Waals surface area contributed by atoms with Crippen molar-refractivity contribution in [3.8, 4) is 5.75 Å². The highest BCUT2D eigenvalue weighted by Gasteiger charge is 2.22. The van der Waals surface area contributed by atoms with Gasteiger partial charge in [-0.1, -0.05) is 12.1 Å². The Kier molecular flexibility index (Phi) is 4.63. The molecular weight excluding hydrogens is 344 g/mol. The lowest BCUT2D eigenvalue weighted by Gasteiger charge is -2.08. The molecule has 1 heterocycles. The summed E-state index contributed by atoms with van der Waals surface area (Å²) >= 11 is 3.04. The van der Waals surface area contributed by atoms with Crippen molar-refractivity contribution in [3.63, 3.8) is 0 Å². The summed E-state index contributed by atoms with van der Waals surface area (Å²) < 4.78 is 6.63. The third kappa shape index (κ3) is 3.43. The maximum atomic E-state index is 12.3. The van der Waals surface area contributed by atoms with Crippen LogP contribution in [0.2, 0.25) is 0 Å². The van der Waals surface area contributed by atoms with Crippen LogP contribution in [0.4, 0.5) is 5.95 Å². The molecule has 9 heteroatoms. The predicted octanol–water partition coefficient (Wildman–Crippen LogP) is 2.23. The fraction of sp³-hybridized carbons (Fsp3) is 0.250. The summed E-state index contributed by atoms with van der Waals surface area (Å²) in [6.45, 7) is 2.08. The maximum Gasteiger partial charge on any atom is 0.492 e. The van der Waals surface area contributed by atoms with Gasteiger partial charge >= 0.3 is 5.95 Å². The molecule has 110 valence electrons. The van der Waals surface area contributed by atoms with Crippen molar-refractivity contribution >= 4 is 27.7 Å². The van der Waals surface area contributed by atoms with E-state index in [1.54, 1.807) is 24.3 Å². The molecule has 2 aromatic rings. The lowest BCUT2D eigenvalue weighted by molar-refractivity contribution is -0.394. The second-order valence-corrected chi connectivity index (χ2v) is 4.66. The zero-order valence-electron chi connectivity index (χ0n) is 11.0. The van der Waals surface area contributed by atoms with E-state index in [0.29, 0.717) is 17.9 Å². The van der Waals surface area contributed by atoms with E-state index in [2.05, 4.69) is 26.0 Å². The van der Waals surface area contributed by atoms with Crippen molar-refractivity contribution in [2.75, 3.05) is 6.61 Å². The van der Waals surface area contributed by atoms with Crippen LogP contribution in [-0.4, -0.2) is 32.1 Å². The van der Waals surface area contributed by atoms with Gasteiger partial charge in [-0.3, -0.25) is 4.79 Å². The van der Waals surface area contributed by atoms with Gasteiger partial charge in [0, 0.05) is 21.0 Å². The van der Waals surface area contributed by atoms with Gasteiger partial charge < -0.3 is 14.9 Å². The Balaban J connectivity index is 2.24. The highest BCUT2D eigenvalue weighted by atomic mass is 79.9. The number of Topliss-reactive ketones (excluding diaryl/α,β-unsaturated/α-hetero) is 1. The first-order chi connectivity index (χ1) is 10.0. The Bertz CT molecular complexity index is 686. The predicted molar refractivity (Wildman–Crippen MR) is 76.3 cm³/mol. The molecule has 0 radical (unpaired) electrons. The molecule has 0 spiro atoms. The van der Waals surface area contributed by atoms with E-state index in [1.807, 2.05) is 6.92 Å². The molecule has 0 atom stereocenters. The van der Waals surface area contributed by atoms with Crippen LogP contribution in [-0.2, 0) is 6.54 Å². The zero-order valence-corrected chi connectivity index (χ0v) is 12.6. The highest BCUT2D eigenvalue weighted by molar-refractivity contribution is 9.10. The number of hydrogen-bond acceptors (Lipinski definition) is 6. The van der Waals surface area contributed by atoms with E-state index < -0.39 is 10.9 Å². The molecule has 0 fully saturated rings. The lowest BCUT2D eigenvalue weighted by atomic mass is 10.1. The number of halogens is 1. The van der Waals surface area contributed by atoms with Crippen LogP contribution < -0.4 is 4.74 Å². The number of aromatic nitrogens is 3. The SMILES string of the molecule is CCOc1ccccc1C(=O)Cn1nc([N+](=O)[O-])nc1Br. The number of para-hydroxylation sites is 1. The molecule has 2 rings (SSSR count). The maximum absolute atomic E-state index is 12.3. The summed E-state index contributed by atoms with van der Waals surface area (Å²) in [5.41, 5.74) is 0.393. The second-order valence-electron chi connectivity index (χ2n) is 3.95. The first-order valence-corrected chi connectivity index (χ1v) is 6.82. The smallest absolute Gasteiger partial charge is 0.492 e. The summed E-state index contributed by atoms with van der Waals surface area (Å²) in [5, 5.41) is 14.3. The number of ether oxygens (including phenoxy) is 1. The number of nitrogens with zero attached hydrogens (tertiary/aromatic N) is 4. The van der Waals surface area contributed by atoms with Crippen LogP contribution in [0, 0.1) is 10.1 Å². The number of benzene rings is 1. The number of rotatable bonds is 6. The van der Waals surface area contributed by atoms with Crippen molar-refractivity contribution in [2.45, 2.75) is 13.5 Å². The lowest BCUT2D eigenvalue weighted by Crippen LogP contribution is -2.13. The summed E-state index contributed by atoms with van der Waals surface area (Å²) in [6.07, 6.45) is 0. The average Bonchev–Trinajstić information content (AvgIpc) is 2.81. The summed E-state index contributed by atoms with van der Waals surface area (Å²) in [5.74, 6) is -0.372. The Labute approximate surface area is 128 Å². The van der Waals surface area contributed by atoms with E-state index in [-0.39, 0.29) is 17.1 Å². The fourth-order valence-corrected chi connectivity index (χ4v) is 2.05. The minimum absolute atomic E-state index is 0.122. The number of carbonyl (C=O) groups excluding carboxylic acids is 1. The second kappa shape index (κ2) is 6.44. The van der Waals surface area contributed by atoms with Gasteiger partial charge in [0.05, 0.1) is 12.2 Å². The molecule has 0 N–H and O–H groups in total. The van der Waals surface area contributed by atoms with Crippen molar-refractivity contribution in [2.24, 2.45) is 0 Å². The quantitative estimate of drug-likeness (QED) is 0.448. The van der Waals surface area contributed by atoms with Crippen LogP contribution in [0.25, 0.3) is 0 Å². The van der Waals surface area contributed by atoms with E-state index >= 15 is 0 Å². The fourth-order valence-electron chi connectivity index (χ4n) is 1.69. The van der Waals surface area contributed by atoms with Gasteiger partial charge in [-0.2, -0.15) is 4.68 Å². The van der Waals surface area contributed by atoms with Gasteiger partial charge in [-0.05, 0) is 29.0 Å². The van der Waals surface area contributed by atoms with Crippen LogP contribution in [0.5, 0.6) is 5.75 Å². The molecule has 0 bridgehead atoms. The summed E-state index contributed by atoms with van der Waals surface area (Å²) in [6, 6.07) is 6.80. The first-order valence-electron chi connectivity index (χ1n) is 6.02. The standard InChI is InChI=1S/C12H11BrN4O4/c1-2-21-10-6-4-3-5-8(10)9(18)7-16-11(13)14-12(15-16)17(19)20/h3-6H,2,7H2,1H3. The van der Waals surface area contributed by atoms with E-state index in [9.17, 15) is 14.9 Å². The minimum atomic E-state index is -0.722. The van der Waals surface area contributed by atoms with E-state index in [0.717, 1.165) is 4.68 Å². The molecule has 8 nitrogen and oxygen atoms in total. The molecule has 0 amide bonds. The van der Waals surface area contributed by atoms with Crippen LogP contribution in [0.1, 0.15) is 17.3 Å². The normalized spacial score (nSPS) is 10.4. The summed E-state index contributed by atoms with van der Waals surface area (Å²) in [4.78, 5) is 25.8. The van der Waals surface area contributed by atoms with Crippen molar-refractivity contribution in [1.82, 2.24) is 14.8 Å². The number of hydrogen-bond donors (Lipinski definition) is 0. The molecule has 0 saturated carbocycles. The van der Waals surface area contributed by atoms with E-state index in [4.69, 9.17) is 4.74 Å². The Morgan fingerprint density at radius 2 is 2.19 bits per heavy atom. The van der Waals surface area contributed by atoms with Crippen LogP contribution in [0.15, 0.2) is 29.0 Å². The van der Waals surface area contributed by atoms with Gasteiger partial charge in [0.15, 0.2) is 5.78 Å². The number of carbonyl (C=O) groups is 1. The highest BCUT2D eigenvalue weighted by Crippen LogP contribution is 2.20. The van der Waals surface area contributed by atoms with E-state index in [1.165, 1.54) is 0 Å². The largest absolute Gasteiger partial charge is 0.493 e. The topological polar surface area (TPSA) is 100 Å². The molecule has 21 heavy (non-hydrogen) atoms. The van der Waals surface area contributed by atoms with Crippen LogP contribution in [0.3, 0.4) is 0 Å². The van der Waals surface area contributed by atoms with Crippen molar-refractivity contribution in [1.29, 1.82) is 0 Å². The Morgan fingerprint density at radius 3 is 2.81 bits per heavy atom. The average molecular weight is 355 g/mol. The van der Waals surface area contributed by atoms with Crippen molar-refractivity contribution in [3.05, 3.63) is 44.7 Å². The molecule has 0 unspecified atom stereocenters. The van der Waals surface area contributed by atoms with Crippen molar-refractivity contribution < 1.29 is 14.5 Å². The van der Waals surface area contributed by atoms with Crippen LogP contribution >= 0.6 is 15.9 Å². The summed E-state index contributed by atoms with van der Waals surface area (Å²) in [7, 11) is 0. The molecule has 0 aliphatic rings. The third-order valence-corrected chi connectivity index (χ3v) is 3.15. The first kappa shape index (κ1) is 15.1. The molecular formula is C12H11BrN4O4. The molecule has 0 saturated heterocycles. The number of nitro groups is 1. The minimum Gasteiger partial charge on any atom is -0.493 e. The Hall–Kier alpha value is -2.29. The van der Waals surface area contributed by atoms with Gasteiger partial charge in [0.1, 0.15) is 12.3 Å².